The first-order valence-corrected chi connectivity index (χ1v) is 13.4. The van der Waals surface area contributed by atoms with E-state index in [9.17, 15) is 22.7 Å². The van der Waals surface area contributed by atoms with Gasteiger partial charge in [-0.1, -0.05) is 0 Å². The number of hydrogen-bond acceptors (Lipinski definition) is 11. The van der Waals surface area contributed by atoms with Gasteiger partial charge in [0, 0.05) is 19.2 Å². The number of rotatable bonds is 10. The van der Waals surface area contributed by atoms with E-state index >= 15 is 4.39 Å². The molecule has 0 radical (unpaired) electrons. The molecule has 4 rings (SSSR count). The van der Waals surface area contributed by atoms with Crippen LogP contribution in [0, 0.1) is 17.0 Å². The van der Waals surface area contributed by atoms with Crippen molar-refractivity contribution in [2.24, 2.45) is 16.5 Å². The van der Waals surface area contributed by atoms with Gasteiger partial charge in [0.15, 0.2) is 27.2 Å². The van der Waals surface area contributed by atoms with Crippen molar-refractivity contribution in [1.29, 1.82) is 5.41 Å². The number of phenols is 1. The minimum atomic E-state index is -4.20. The fourth-order valence-corrected chi connectivity index (χ4v) is 5.15. The zero-order chi connectivity index (χ0) is 30.1. The first-order valence-electron chi connectivity index (χ1n) is 11.8. The first kappa shape index (κ1) is 29.2. The van der Waals surface area contributed by atoms with Crippen molar-refractivity contribution >= 4 is 27.5 Å². The molecule has 1 aliphatic heterocycles. The van der Waals surface area contributed by atoms with E-state index in [2.05, 4.69) is 9.98 Å². The van der Waals surface area contributed by atoms with E-state index in [1.807, 2.05) is 0 Å². The summed E-state index contributed by atoms with van der Waals surface area (Å²) < 4.78 is 66.9. The summed E-state index contributed by atoms with van der Waals surface area (Å²) in [7, 11) is -2.53. The van der Waals surface area contributed by atoms with E-state index in [4.69, 9.17) is 31.5 Å². The van der Waals surface area contributed by atoms with Gasteiger partial charge in [0.25, 0.3) is 5.88 Å². The summed E-state index contributed by atoms with van der Waals surface area (Å²) in [6.07, 6.45) is 0.616. The van der Waals surface area contributed by atoms with E-state index in [1.54, 1.807) is 11.9 Å². The van der Waals surface area contributed by atoms with E-state index in [0.29, 0.717) is 19.3 Å². The highest BCUT2D eigenvalue weighted by molar-refractivity contribution is 7.91. The molecule has 0 fully saturated rings. The van der Waals surface area contributed by atoms with E-state index in [-0.39, 0.29) is 39.2 Å². The van der Waals surface area contributed by atoms with Crippen LogP contribution in [0.3, 0.4) is 0 Å². The molecule has 2 heterocycles. The third kappa shape index (κ3) is 6.17. The molecule has 1 aliphatic rings. The molecule has 0 spiro atoms. The number of amidine groups is 2. The molecule has 0 aliphatic carbocycles. The van der Waals surface area contributed by atoms with Gasteiger partial charge in [0.2, 0.25) is 11.6 Å². The van der Waals surface area contributed by atoms with Crippen LogP contribution in [0.5, 0.6) is 28.9 Å². The van der Waals surface area contributed by atoms with Crippen LogP contribution in [0.4, 0.5) is 8.78 Å². The average molecular weight is 591 g/mol. The van der Waals surface area contributed by atoms with E-state index < -0.39 is 56.6 Å². The van der Waals surface area contributed by atoms with Gasteiger partial charge >= 0.3 is 5.97 Å². The molecule has 216 valence electrons. The van der Waals surface area contributed by atoms with Crippen molar-refractivity contribution in [2.45, 2.75) is 10.9 Å². The molecule has 1 atom stereocenters. The van der Waals surface area contributed by atoms with Crippen molar-refractivity contribution in [1.82, 2.24) is 9.88 Å². The van der Waals surface area contributed by atoms with Crippen molar-refractivity contribution in [3.05, 3.63) is 65.4 Å². The standard InChI is InChI=1S/C25H24F2N6O7S/c1-33-7-6-31-23(33)14-9-13(41(37,38)11-16(28)25(35)36)3-5-18(14)39-21-15(26)10-32-24(20(21)27)40-19-8-12(22(29)30)2-4-17(19)34/h2-5,8-10,16,34H,6-7,11,28H2,1H3,(H3,29,30)(H,35,36). The molecule has 7 N–H and O–H groups in total. The smallest absolute Gasteiger partial charge is 0.321 e. The van der Waals surface area contributed by atoms with Crippen LogP contribution in [0.2, 0.25) is 0 Å². The number of aliphatic carboxylic acids is 1. The summed E-state index contributed by atoms with van der Waals surface area (Å²) in [4.78, 5) is 20.4. The SMILES string of the molecule is CN1CCN=C1c1cc(S(=O)(=O)CC(N)C(=O)O)ccc1Oc1c(F)cnc(Oc2cc(C(=N)N)ccc2O)c1F. The number of sulfone groups is 1. The molecule has 3 aromatic rings. The number of carboxylic acids is 1. The van der Waals surface area contributed by atoms with Gasteiger partial charge in [-0.15, -0.1) is 0 Å². The molecular weight excluding hydrogens is 566 g/mol. The molecule has 2 aromatic carbocycles. The van der Waals surface area contributed by atoms with Gasteiger partial charge in [-0.2, -0.15) is 4.39 Å². The summed E-state index contributed by atoms with van der Waals surface area (Å²) in [6, 6.07) is 5.35. The molecule has 1 aromatic heterocycles. The molecule has 0 saturated carbocycles. The van der Waals surface area contributed by atoms with Crippen LogP contribution in [0.15, 0.2) is 52.5 Å². The van der Waals surface area contributed by atoms with E-state index in [1.165, 1.54) is 6.07 Å². The van der Waals surface area contributed by atoms with Crippen LogP contribution in [0.25, 0.3) is 0 Å². The number of ether oxygens (including phenoxy) is 2. The Kier molecular flexibility index (Phi) is 8.07. The first-order chi connectivity index (χ1) is 19.3. The van der Waals surface area contributed by atoms with Gasteiger partial charge in [-0.3, -0.25) is 15.2 Å². The molecule has 0 bridgehead atoms. The number of hydrogen-bond donors (Lipinski definition) is 5. The summed E-state index contributed by atoms with van der Waals surface area (Å²) in [5.74, 6) is -7.79. The maximum Gasteiger partial charge on any atom is 0.321 e. The Bertz CT molecular complexity index is 1680. The van der Waals surface area contributed by atoms with Gasteiger partial charge < -0.3 is 36.1 Å². The number of benzene rings is 2. The lowest BCUT2D eigenvalue weighted by molar-refractivity contribution is -0.137. The highest BCUT2D eigenvalue weighted by Crippen LogP contribution is 2.38. The zero-order valence-electron chi connectivity index (χ0n) is 21.3. The lowest BCUT2D eigenvalue weighted by atomic mass is 10.1. The number of nitrogen functional groups attached to an aromatic ring is 1. The molecular formula is C25H24F2N6O7S. The van der Waals surface area contributed by atoms with Crippen LogP contribution < -0.4 is 20.9 Å². The average Bonchev–Trinajstić information content (AvgIpc) is 3.34. The van der Waals surface area contributed by atoms with Crippen molar-refractivity contribution in [2.75, 3.05) is 25.9 Å². The third-order valence-electron chi connectivity index (χ3n) is 5.91. The van der Waals surface area contributed by atoms with Crippen LogP contribution in [-0.4, -0.2) is 78.1 Å². The number of carboxylic acid groups (broad SMARTS) is 1. The number of likely N-dealkylation sites (N-methyl/N-ethyl adjacent to an activating group) is 1. The third-order valence-corrected chi connectivity index (χ3v) is 7.68. The molecule has 1 unspecified atom stereocenters. The highest BCUT2D eigenvalue weighted by atomic mass is 32.2. The van der Waals surface area contributed by atoms with Gasteiger partial charge in [0.1, 0.15) is 23.5 Å². The number of nitrogens with one attached hydrogen (secondary N) is 1. The Morgan fingerprint density at radius 3 is 2.56 bits per heavy atom. The number of nitrogens with zero attached hydrogens (tertiary/aromatic N) is 3. The number of halogens is 2. The Balaban J connectivity index is 1.75. The number of phenolic OH excluding ortho intramolecular Hbond substituents is 1. The summed E-state index contributed by atoms with van der Waals surface area (Å²) in [6.45, 7) is 0.819. The van der Waals surface area contributed by atoms with Crippen LogP contribution in [-0.2, 0) is 14.6 Å². The van der Waals surface area contributed by atoms with Crippen molar-refractivity contribution in [3.8, 4) is 28.9 Å². The second-order valence-corrected chi connectivity index (χ2v) is 10.9. The quantitative estimate of drug-likeness (QED) is 0.170. The molecule has 16 heteroatoms. The Hall–Kier alpha value is -4.83. The predicted octanol–water partition coefficient (Wildman–Crippen LogP) is 1.81. The predicted molar refractivity (Wildman–Crippen MR) is 142 cm³/mol. The normalized spacial score (nSPS) is 14.0. The highest BCUT2D eigenvalue weighted by Gasteiger charge is 2.28. The Morgan fingerprint density at radius 1 is 1.20 bits per heavy atom. The number of carbonyl (C=O) groups is 1. The second kappa shape index (κ2) is 11.3. The summed E-state index contributed by atoms with van der Waals surface area (Å²) in [5, 5.41) is 26.6. The number of aromatic hydroxyl groups is 1. The summed E-state index contributed by atoms with van der Waals surface area (Å²) in [5.41, 5.74) is 11.1. The molecule has 0 amide bonds. The van der Waals surface area contributed by atoms with Gasteiger partial charge in [-0.25, -0.2) is 17.8 Å². The fourth-order valence-electron chi connectivity index (χ4n) is 3.77. The monoisotopic (exact) mass is 590 g/mol. The maximum absolute atomic E-state index is 15.5. The number of aliphatic imine (C=N–C) groups is 1. The van der Waals surface area contributed by atoms with Crippen molar-refractivity contribution < 1.29 is 41.7 Å². The minimum absolute atomic E-state index is 0.0554. The summed E-state index contributed by atoms with van der Waals surface area (Å²) >= 11 is 0. The minimum Gasteiger partial charge on any atom is -0.504 e. The molecule has 13 nitrogen and oxygen atoms in total. The Labute approximate surface area is 232 Å². The second-order valence-electron chi connectivity index (χ2n) is 8.87. The van der Waals surface area contributed by atoms with Gasteiger partial charge in [-0.05, 0) is 36.4 Å². The van der Waals surface area contributed by atoms with Crippen LogP contribution >= 0.6 is 0 Å². The number of aromatic nitrogens is 1. The lowest BCUT2D eigenvalue weighted by Crippen LogP contribution is -2.37. The fraction of sp³-hybridized carbons (Fsp3) is 0.200. The Morgan fingerprint density at radius 2 is 1.93 bits per heavy atom. The van der Waals surface area contributed by atoms with E-state index in [0.717, 1.165) is 30.3 Å². The molecule has 41 heavy (non-hydrogen) atoms. The largest absolute Gasteiger partial charge is 0.504 e. The maximum atomic E-state index is 15.5. The van der Waals surface area contributed by atoms with Crippen LogP contribution in [0.1, 0.15) is 11.1 Å². The zero-order valence-corrected chi connectivity index (χ0v) is 22.2. The van der Waals surface area contributed by atoms with Crippen molar-refractivity contribution in [3.63, 3.8) is 0 Å². The molecule has 0 saturated heterocycles. The van der Waals surface area contributed by atoms with Gasteiger partial charge in [0.05, 0.1) is 29.0 Å². The number of pyridine rings is 1. The lowest BCUT2D eigenvalue weighted by Gasteiger charge is -2.19. The number of nitrogens with two attached hydrogens (primary N) is 2. The topological polar surface area (TPSA) is 215 Å².